The average molecular weight is 276 g/mol. The van der Waals surface area contributed by atoms with Gasteiger partial charge in [0, 0.05) is 25.1 Å². The molecule has 0 saturated heterocycles. The molecule has 2 aromatic rings. The number of esters is 1. The lowest BCUT2D eigenvalue weighted by molar-refractivity contribution is -0.141. The first kappa shape index (κ1) is 14.2. The van der Waals surface area contributed by atoms with Gasteiger partial charge >= 0.3 is 5.97 Å². The number of fused-ring (bicyclic) bond motifs is 1. The number of carbonyl (C=O) groups is 1. The normalized spacial score (nSPS) is 12.2. The number of aliphatic hydroxyl groups is 1. The number of hydrogen-bond donors (Lipinski definition) is 1. The summed E-state index contributed by atoms with van der Waals surface area (Å²) in [6.07, 6.45) is 1.64. The van der Waals surface area contributed by atoms with Crippen molar-refractivity contribution in [2.45, 2.75) is 12.8 Å². The molecule has 20 heavy (non-hydrogen) atoms. The smallest absolute Gasteiger partial charge is 0.302 e. The Hall–Kier alpha value is -2.21. The van der Waals surface area contributed by atoms with Crippen molar-refractivity contribution in [2.75, 3.05) is 20.3 Å². The number of methoxy groups -OCH3 is 1. The third-order valence-corrected chi connectivity index (χ3v) is 2.95. The van der Waals surface area contributed by atoms with E-state index < -0.39 is 0 Å². The van der Waals surface area contributed by atoms with E-state index >= 15 is 0 Å². The SMILES string of the molecule is COc1ccc2nccc([C@@H](CO)COC(C)=O)c2n1. The number of hydrogen-bond acceptors (Lipinski definition) is 6. The van der Waals surface area contributed by atoms with Crippen molar-refractivity contribution in [3.8, 4) is 5.88 Å². The molecule has 0 amide bonds. The molecule has 0 saturated carbocycles. The van der Waals surface area contributed by atoms with Crippen molar-refractivity contribution in [1.82, 2.24) is 9.97 Å². The van der Waals surface area contributed by atoms with E-state index in [4.69, 9.17) is 9.47 Å². The highest BCUT2D eigenvalue weighted by Crippen LogP contribution is 2.25. The number of carbonyl (C=O) groups excluding carboxylic acids is 1. The molecule has 0 aliphatic rings. The fourth-order valence-corrected chi connectivity index (χ4v) is 1.93. The van der Waals surface area contributed by atoms with Gasteiger partial charge < -0.3 is 14.6 Å². The Morgan fingerprint density at radius 2 is 2.20 bits per heavy atom. The van der Waals surface area contributed by atoms with Gasteiger partial charge in [-0.05, 0) is 17.7 Å². The average Bonchev–Trinajstić information content (AvgIpc) is 2.47. The maximum Gasteiger partial charge on any atom is 0.302 e. The molecular formula is C14H16N2O4. The second-order valence-electron chi connectivity index (χ2n) is 4.30. The van der Waals surface area contributed by atoms with E-state index in [0.717, 1.165) is 5.56 Å². The van der Waals surface area contributed by atoms with Crippen LogP contribution in [-0.2, 0) is 9.53 Å². The highest BCUT2D eigenvalue weighted by Gasteiger charge is 2.17. The minimum absolute atomic E-state index is 0.101. The van der Waals surface area contributed by atoms with Crippen molar-refractivity contribution in [3.63, 3.8) is 0 Å². The first-order valence-corrected chi connectivity index (χ1v) is 6.19. The lowest BCUT2D eigenvalue weighted by atomic mass is 10.00. The van der Waals surface area contributed by atoms with Crippen LogP contribution in [0.2, 0.25) is 0 Å². The number of ether oxygens (including phenoxy) is 2. The number of pyridine rings is 2. The monoisotopic (exact) mass is 276 g/mol. The zero-order chi connectivity index (χ0) is 14.5. The van der Waals surface area contributed by atoms with Crippen LogP contribution < -0.4 is 4.74 Å². The van der Waals surface area contributed by atoms with Crippen LogP contribution in [0.4, 0.5) is 0 Å². The van der Waals surface area contributed by atoms with Crippen LogP contribution in [0.15, 0.2) is 24.4 Å². The summed E-state index contributed by atoms with van der Waals surface area (Å²) in [7, 11) is 1.53. The van der Waals surface area contributed by atoms with Gasteiger partial charge in [0.1, 0.15) is 6.61 Å². The lowest BCUT2D eigenvalue weighted by Gasteiger charge is -2.16. The summed E-state index contributed by atoms with van der Waals surface area (Å²) in [6, 6.07) is 5.28. The zero-order valence-corrected chi connectivity index (χ0v) is 11.4. The van der Waals surface area contributed by atoms with Crippen molar-refractivity contribution in [2.24, 2.45) is 0 Å². The predicted octanol–water partition coefficient (Wildman–Crippen LogP) is 1.28. The molecule has 0 aliphatic carbocycles. The predicted molar refractivity (Wildman–Crippen MR) is 72.5 cm³/mol. The van der Waals surface area contributed by atoms with E-state index in [9.17, 15) is 9.90 Å². The largest absolute Gasteiger partial charge is 0.481 e. The first-order chi connectivity index (χ1) is 9.65. The van der Waals surface area contributed by atoms with Gasteiger partial charge in [0.15, 0.2) is 0 Å². The third kappa shape index (κ3) is 3.03. The molecule has 2 aromatic heterocycles. The van der Waals surface area contributed by atoms with Crippen LogP contribution in [0.25, 0.3) is 11.0 Å². The van der Waals surface area contributed by atoms with Crippen molar-refractivity contribution in [1.29, 1.82) is 0 Å². The van der Waals surface area contributed by atoms with Crippen LogP contribution in [0.5, 0.6) is 5.88 Å². The number of aromatic nitrogens is 2. The van der Waals surface area contributed by atoms with Crippen LogP contribution in [0.3, 0.4) is 0 Å². The maximum absolute atomic E-state index is 10.9. The number of aliphatic hydroxyl groups excluding tert-OH is 1. The second kappa shape index (κ2) is 6.29. The van der Waals surface area contributed by atoms with Crippen LogP contribution in [-0.4, -0.2) is 41.4 Å². The van der Waals surface area contributed by atoms with Crippen molar-refractivity contribution in [3.05, 3.63) is 30.0 Å². The third-order valence-electron chi connectivity index (χ3n) is 2.95. The topological polar surface area (TPSA) is 81.5 Å². The van der Waals surface area contributed by atoms with Crippen molar-refractivity contribution < 1.29 is 19.4 Å². The molecule has 106 valence electrons. The summed E-state index contributed by atoms with van der Waals surface area (Å²) in [6.45, 7) is 1.29. The zero-order valence-electron chi connectivity index (χ0n) is 11.4. The molecule has 0 fully saturated rings. The molecular weight excluding hydrogens is 260 g/mol. The number of nitrogens with zero attached hydrogens (tertiary/aromatic N) is 2. The van der Waals surface area contributed by atoms with Crippen LogP contribution >= 0.6 is 0 Å². The molecule has 0 radical (unpaired) electrons. The van der Waals surface area contributed by atoms with Gasteiger partial charge in [-0.2, -0.15) is 0 Å². The number of rotatable bonds is 5. The Balaban J connectivity index is 2.42. The molecule has 0 spiro atoms. The van der Waals surface area contributed by atoms with Crippen molar-refractivity contribution >= 4 is 17.0 Å². The molecule has 1 atom stereocenters. The molecule has 6 nitrogen and oxygen atoms in total. The Morgan fingerprint density at radius 3 is 2.85 bits per heavy atom. The minimum Gasteiger partial charge on any atom is -0.481 e. The molecule has 1 N–H and O–H groups in total. The minimum atomic E-state index is -0.382. The first-order valence-electron chi connectivity index (χ1n) is 6.19. The summed E-state index contributed by atoms with van der Waals surface area (Å²) in [5, 5.41) is 9.51. The van der Waals surface area contributed by atoms with Gasteiger partial charge in [-0.3, -0.25) is 9.78 Å². The van der Waals surface area contributed by atoms with Gasteiger partial charge in [0.05, 0.1) is 24.8 Å². The highest BCUT2D eigenvalue weighted by molar-refractivity contribution is 5.78. The molecule has 0 unspecified atom stereocenters. The van der Waals surface area contributed by atoms with E-state index in [1.807, 2.05) is 0 Å². The summed E-state index contributed by atoms with van der Waals surface area (Å²) >= 11 is 0. The van der Waals surface area contributed by atoms with E-state index in [2.05, 4.69) is 9.97 Å². The maximum atomic E-state index is 10.9. The summed E-state index contributed by atoms with van der Waals surface area (Å²) < 4.78 is 10.1. The molecule has 0 aliphatic heterocycles. The summed E-state index contributed by atoms with van der Waals surface area (Å²) in [4.78, 5) is 19.5. The Labute approximate surface area is 116 Å². The molecule has 0 bridgehead atoms. The lowest BCUT2D eigenvalue weighted by Crippen LogP contribution is -2.15. The van der Waals surface area contributed by atoms with E-state index in [1.54, 1.807) is 24.4 Å². The quantitative estimate of drug-likeness (QED) is 0.828. The second-order valence-corrected chi connectivity index (χ2v) is 4.30. The fourth-order valence-electron chi connectivity index (χ4n) is 1.93. The van der Waals surface area contributed by atoms with E-state index in [-0.39, 0.29) is 25.1 Å². The molecule has 2 heterocycles. The van der Waals surface area contributed by atoms with Gasteiger partial charge in [-0.25, -0.2) is 4.98 Å². The Kier molecular flexibility index (Phi) is 4.47. The molecule has 0 aromatic carbocycles. The van der Waals surface area contributed by atoms with Crippen LogP contribution in [0, 0.1) is 0 Å². The Bertz CT molecular complexity index is 615. The van der Waals surface area contributed by atoms with Gasteiger partial charge in [0.25, 0.3) is 0 Å². The summed E-state index contributed by atoms with van der Waals surface area (Å²) in [5.74, 6) is -0.257. The van der Waals surface area contributed by atoms with Gasteiger partial charge in [0.2, 0.25) is 5.88 Å². The standard InChI is InChI=1S/C14H16N2O4/c1-9(18)20-8-10(7-17)11-5-6-15-12-3-4-13(19-2)16-14(11)12/h3-6,10,17H,7-8H2,1-2H3/t10-/m0/s1. The van der Waals surface area contributed by atoms with Gasteiger partial charge in [-0.1, -0.05) is 0 Å². The fraction of sp³-hybridized carbons (Fsp3) is 0.357. The summed E-state index contributed by atoms with van der Waals surface area (Å²) in [5.41, 5.74) is 2.11. The molecule has 6 heteroatoms. The Morgan fingerprint density at radius 1 is 1.40 bits per heavy atom. The van der Waals surface area contributed by atoms with E-state index in [1.165, 1.54) is 14.0 Å². The highest BCUT2D eigenvalue weighted by atomic mass is 16.5. The van der Waals surface area contributed by atoms with E-state index in [0.29, 0.717) is 16.9 Å². The molecule has 2 rings (SSSR count). The van der Waals surface area contributed by atoms with Crippen LogP contribution in [0.1, 0.15) is 18.4 Å². The van der Waals surface area contributed by atoms with Gasteiger partial charge in [-0.15, -0.1) is 0 Å².